The van der Waals surface area contributed by atoms with E-state index in [1.165, 1.54) is 0 Å². The lowest BCUT2D eigenvalue weighted by molar-refractivity contribution is 0.0827. The number of amides is 1. The van der Waals surface area contributed by atoms with E-state index in [4.69, 9.17) is 0 Å². The number of carbonyl (C=O) groups is 1. The SMILES string of the molecule is Cc1c(Br)cccc1C(=O)N(C)C. The van der Waals surface area contributed by atoms with Gasteiger partial charge in [0.1, 0.15) is 0 Å². The van der Waals surface area contributed by atoms with Crippen molar-refractivity contribution in [2.75, 3.05) is 14.1 Å². The Hall–Kier alpha value is -0.830. The second-order valence-corrected chi connectivity index (χ2v) is 3.97. The molecular formula is C10H12BrNO. The van der Waals surface area contributed by atoms with Crippen LogP contribution in [-0.4, -0.2) is 24.9 Å². The molecule has 0 bridgehead atoms. The monoisotopic (exact) mass is 241 g/mol. The zero-order valence-electron chi connectivity index (χ0n) is 7.97. The molecule has 1 aromatic carbocycles. The summed E-state index contributed by atoms with van der Waals surface area (Å²) in [5.74, 6) is 0.0406. The van der Waals surface area contributed by atoms with E-state index >= 15 is 0 Å². The molecule has 3 heteroatoms. The third kappa shape index (κ3) is 2.10. The van der Waals surface area contributed by atoms with Crippen LogP contribution in [0.5, 0.6) is 0 Å². The maximum Gasteiger partial charge on any atom is 0.253 e. The quantitative estimate of drug-likeness (QED) is 0.740. The number of hydrogen-bond acceptors (Lipinski definition) is 1. The minimum Gasteiger partial charge on any atom is -0.345 e. The zero-order chi connectivity index (χ0) is 10.0. The first-order valence-corrected chi connectivity index (χ1v) is 4.80. The lowest BCUT2D eigenvalue weighted by Gasteiger charge is -2.12. The van der Waals surface area contributed by atoms with E-state index in [1.54, 1.807) is 19.0 Å². The summed E-state index contributed by atoms with van der Waals surface area (Å²) in [4.78, 5) is 13.2. The maximum absolute atomic E-state index is 11.6. The van der Waals surface area contributed by atoms with Crippen LogP contribution in [0.1, 0.15) is 15.9 Å². The predicted molar refractivity (Wildman–Crippen MR) is 56.9 cm³/mol. The molecule has 0 atom stereocenters. The van der Waals surface area contributed by atoms with Crippen molar-refractivity contribution in [3.05, 3.63) is 33.8 Å². The standard InChI is InChI=1S/C10H12BrNO/c1-7-8(10(13)12(2)3)5-4-6-9(7)11/h4-6H,1-3H3. The van der Waals surface area contributed by atoms with E-state index in [0.717, 1.165) is 15.6 Å². The Balaban J connectivity index is 3.15. The Morgan fingerprint density at radius 3 is 2.54 bits per heavy atom. The Kier molecular flexibility index (Phi) is 3.09. The highest BCUT2D eigenvalue weighted by atomic mass is 79.9. The number of nitrogens with zero attached hydrogens (tertiary/aromatic N) is 1. The molecule has 0 radical (unpaired) electrons. The van der Waals surface area contributed by atoms with Gasteiger partial charge in [0.15, 0.2) is 0 Å². The van der Waals surface area contributed by atoms with Crippen molar-refractivity contribution in [1.29, 1.82) is 0 Å². The second kappa shape index (κ2) is 3.92. The first kappa shape index (κ1) is 10.3. The van der Waals surface area contributed by atoms with Crippen LogP contribution in [0.2, 0.25) is 0 Å². The first-order valence-electron chi connectivity index (χ1n) is 4.01. The van der Waals surface area contributed by atoms with Crippen molar-refractivity contribution in [2.45, 2.75) is 6.92 Å². The Morgan fingerprint density at radius 1 is 1.38 bits per heavy atom. The molecule has 0 aliphatic rings. The number of rotatable bonds is 1. The summed E-state index contributed by atoms with van der Waals surface area (Å²) < 4.78 is 0.972. The highest BCUT2D eigenvalue weighted by Gasteiger charge is 2.11. The smallest absolute Gasteiger partial charge is 0.253 e. The van der Waals surface area contributed by atoms with E-state index in [0.29, 0.717) is 0 Å². The van der Waals surface area contributed by atoms with Crippen LogP contribution in [0.15, 0.2) is 22.7 Å². The molecule has 1 aromatic rings. The summed E-state index contributed by atoms with van der Waals surface area (Å²) in [7, 11) is 3.51. The van der Waals surface area contributed by atoms with Crippen molar-refractivity contribution in [1.82, 2.24) is 4.90 Å². The summed E-state index contributed by atoms with van der Waals surface area (Å²) in [6, 6.07) is 5.64. The number of hydrogen-bond donors (Lipinski definition) is 0. The summed E-state index contributed by atoms with van der Waals surface area (Å²) in [6.07, 6.45) is 0. The van der Waals surface area contributed by atoms with Crippen molar-refractivity contribution < 1.29 is 4.79 Å². The first-order chi connectivity index (χ1) is 6.04. The highest BCUT2D eigenvalue weighted by molar-refractivity contribution is 9.10. The van der Waals surface area contributed by atoms with Gasteiger partial charge < -0.3 is 4.90 Å². The van der Waals surface area contributed by atoms with Crippen molar-refractivity contribution in [3.63, 3.8) is 0 Å². The molecule has 0 heterocycles. The van der Waals surface area contributed by atoms with Crippen LogP contribution in [0.3, 0.4) is 0 Å². The van der Waals surface area contributed by atoms with Crippen LogP contribution < -0.4 is 0 Å². The molecule has 0 aliphatic heterocycles. The third-order valence-corrected chi connectivity index (χ3v) is 2.76. The molecule has 0 N–H and O–H groups in total. The molecule has 0 unspecified atom stereocenters. The van der Waals surface area contributed by atoms with Crippen molar-refractivity contribution >= 4 is 21.8 Å². The molecule has 0 spiro atoms. The third-order valence-electron chi connectivity index (χ3n) is 1.90. The average Bonchev–Trinajstić information content (AvgIpc) is 2.08. The lowest BCUT2D eigenvalue weighted by atomic mass is 10.1. The minimum atomic E-state index is 0.0406. The van der Waals surface area contributed by atoms with Gasteiger partial charge in [-0.05, 0) is 24.6 Å². The number of benzene rings is 1. The fraction of sp³-hybridized carbons (Fsp3) is 0.300. The molecule has 70 valence electrons. The molecule has 0 fully saturated rings. The molecule has 13 heavy (non-hydrogen) atoms. The molecule has 0 aliphatic carbocycles. The summed E-state index contributed by atoms with van der Waals surface area (Å²) in [5.41, 5.74) is 1.74. The molecule has 0 saturated heterocycles. The largest absolute Gasteiger partial charge is 0.345 e. The maximum atomic E-state index is 11.6. The molecule has 0 aromatic heterocycles. The van der Waals surface area contributed by atoms with Gasteiger partial charge >= 0.3 is 0 Å². The van der Waals surface area contributed by atoms with Crippen LogP contribution in [0.25, 0.3) is 0 Å². The fourth-order valence-corrected chi connectivity index (χ4v) is 1.45. The van der Waals surface area contributed by atoms with Crippen LogP contribution in [0.4, 0.5) is 0 Å². The van der Waals surface area contributed by atoms with E-state index in [2.05, 4.69) is 15.9 Å². The zero-order valence-corrected chi connectivity index (χ0v) is 9.55. The fourth-order valence-electron chi connectivity index (χ4n) is 1.08. The van der Waals surface area contributed by atoms with Crippen LogP contribution in [0, 0.1) is 6.92 Å². The van der Waals surface area contributed by atoms with Gasteiger partial charge in [-0.1, -0.05) is 22.0 Å². The summed E-state index contributed by atoms with van der Waals surface area (Å²) in [6.45, 7) is 1.93. The minimum absolute atomic E-state index is 0.0406. The van der Waals surface area contributed by atoms with Gasteiger partial charge in [0.25, 0.3) is 5.91 Å². The molecule has 2 nitrogen and oxygen atoms in total. The van der Waals surface area contributed by atoms with Crippen molar-refractivity contribution in [2.24, 2.45) is 0 Å². The van der Waals surface area contributed by atoms with E-state index in [9.17, 15) is 4.79 Å². The second-order valence-electron chi connectivity index (χ2n) is 3.11. The van der Waals surface area contributed by atoms with Gasteiger partial charge in [0.05, 0.1) is 0 Å². The van der Waals surface area contributed by atoms with Gasteiger partial charge in [0.2, 0.25) is 0 Å². The topological polar surface area (TPSA) is 20.3 Å². The van der Waals surface area contributed by atoms with Gasteiger partial charge in [-0.25, -0.2) is 0 Å². The highest BCUT2D eigenvalue weighted by Crippen LogP contribution is 2.19. The molecule has 1 rings (SSSR count). The van der Waals surface area contributed by atoms with Gasteiger partial charge in [-0.2, -0.15) is 0 Å². The van der Waals surface area contributed by atoms with Gasteiger partial charge in [-0.15, -0.1) is 0 Å². The normalized spacial score (nSPS) is 9.85. The van der Waals surface area contributed by atoms with E-state index in [1.807, 2.05) is 25.1 Å². The summed E-state index contributed by atoms with van der Waals surface area (Å²) in [5, 5.41) is 0. The summed E-state index contributed by atoms with van der Waals surface area (Å²) >= 11 is 3.39. The Morgan fingerprint density at radius 2 is 2.00 bits per heavy atom. The molecular weight excluding hydrogens is 230 g/mol. The average molecular weight is 242 g/mol. The molecule has 0 saturated carbocycles. The lowest BCUT2D eigenvalue weighted by Crippen LogP contribution is -2.22. The van der Waals surface area contributed by atoms with Crippen LogP contribution in [-0.2, 0) is 0 Å². The van der Waals surface area contributed by atoms with Crippen LogP contribution >= 0.6 is 15.9 Å². The van der Waals surface area contributed by atoms with E-state index < -0.39 is 0 Å². The predicted octanol–water partition coefficient (Wildman–Crippen LogP) is 2.46. The van der Waals surface area contributed by atoms with Crippen molar-refractivity contribution in [3.8, 4) is 0 Å². The molecule has 1 amide bonds. The number of carbonyl (C=O) groups excluding carboxylic acids is 1. The van der Waals surface area contributed by atoms with Gasteiger partial charge in [0, 0.05) is 24.1 Å². The Bertz CT molecular complexity index is 334. The van der Waals surface area contributed by atoms with Gasteiger partial charge in [-0.3, -0.25) is 4.79 Å². The number of halogens is 1. The van der Waals surface area contributed by atoms with E-state index in [-0.39, 0.29) is 5.91 Å². The Labute approximate surface area is 86.7 Å².